The topological polar surface area (TPSA) is 39.9 Å². The van der Waals surface area contributed by atoms with Crippen LogP contribution < -0.4 is 4.74 Å². The summed E-state index contributed by atoms with van der Waals surface area (Å²) in [6.07, 6.45) is 0. The third-order valence-corrected chi connectivity index (χ3v) is 2.98. The van der Waals surface area contributed by atoms with Gasteiger partial charge in [0, 0.05) is 5.92 Å². The Hall–Kier alpha value is -1.55. The maximum Gasteiger partial charge on any atom is 0.229 e. The van der Waals surface area contributed by atoms with Gasteiger partial charge in [-0.15, -0.1) is 10.2 Å². The smallest absolute Gasteiger partial charge is 0.229 e. The number of rotatable bonds is 3. The molecule has 1 heterocycles. The number of ether oxygens (including phenoxy) is 1. The molecule has 1 aromatic carbocycles. The number of hydrogen-bond donors (Lipinski definition) is 0. The van der Waals surface area contributed by atoms with E-state index in [1.165, 1.54) is 0 Å². The molecule has 0 amide bonds. The third-order valence-electron chi connectivity index (χ3n) is 2.74. The van der Waals surface area contributed by atoms with E-state index in [1.807, 2.05) is 29.7 Å². The molecule has 0 aliphatic heterocycles. The first-order valence-electron chi connectivity index (χ1n) is 5.80. The maximum atomic E-state index is 6.14. The molecule has 0 fully saturated rings. The van der Waals surface area contributed by atoms with Crippen molar-refractivity contribution in [3.05, 3.63) is 34.9 Å². The zero-order valence-corrected chi connectivity index (χ0v) is 11.7. The highest BCUT2D eigenvalue weighted by atomic mass is 35.5. The molecule has 0 radical (unpaired) electrons. The van der Waals surface area contributed by atoms with E-state index in [2.05, 4.69) is 24.0 Å². The molecule has 0 aliphatic rings. The van der Waals surface area contributed by atoms with E-state index in [-0.39, 0.29) is 5.92 Å². The lowest BCUT2D eigenvalue weighted by molar-refractivity contribution is 0.412. The zero-order valence-electron chi connectivity index (χ0n) is 10.9. The molecule has 4 nitrogen and oxygen atoms in total. The predicted octanol–water partition coefficient (Wildman–Crippen LogP) is 3.36. The summed E-state index contributed by atoms with van der Waals surface area (Å²) in [6.45, 7) is 6.13. The maximum absolute atomic E-state index is 6.14. The minimum absolute atomic E-state index is 0.232. The van der Waals surface area contributed by atoms with Gasteiger partial charge < -0.3 is 4.74 Å². The van der Waals surface area contributed by atoms with Crippen molar-refractivity contribution in [1.82, 2.24) is 14.8 Å². The summed E-state index contributed by atoms with van der Waals surface area (Å²) in [7, 11) is 1.64. The van der Waals surface area contributed by atoms with Crippen LogP contribution in [0.25, 0.3) is 5.69 Å². The zero-order chi connectivity index (χ0) is 13.3. The standard InChI is InChI=1S/C13H16ClN3O/c1-8(2)12-15-16-13(14)17(12)10-7-9(3)5-6-11(10)18-4/h5-8H,1-4H3. The molecular weight excluding hydrogens is 250 g/mol. The summed E-state index contributed by atoms with van der Waals surface area (Å²) >= 11 is 6.14. The Morgan fingerprint density at radius 2 is 2.00 bits per heavy atom. The first-order chi connectivity index (χ1) is 8.54. The van der Waals surface area contributed by atoms with Crippen molar-refractivity contribution in [2.45, 2.75) is 26.7 Å². The fourth-order valence-electron chi connectivity index (χ4n) is 1.85. The fourth-order valence-corrected chi connectivity index (χ4v) is 2.06. The lowest BCUT2D eigenvalue weighted by Crippen LogP contribution is -2.05. The van der Waals surface area contributed by atoms with Crippen LogP contribution in [0.3, 0.4) is 0 Å². The molecule has 1 aromatic heterocycles. The summed E-state index contributed by atoms with van der Waals surface area (Å²) in [5, 5.41) is 8.41. The van der Waals surface area contributed by atoms with Crippen LogP contribution in [0.2, 0.25) is 5.28 Å². The summed E-state index contributed by atoms with van der Waals surface area (Å²) in [4.78, 5) is 0. The predicted molar refractivity (Wildman–Crippen MR) is 71.7 cm³/mol. The lowest BCUT2D eigenvalue weighted by atomic mass is 10.1. The Morgan fingerprint density at radius 3 is 2.61 bits per heavy atom. The van der Waals surface area contributed by atoms with Crippen LogP contribution in [0.5, 0.6) is 5.75 Å². The van der Waals surface area contributed by atoms with Crippen LogP contribution in [-0.4, -0.2) is 21.9 Å². The Morgan fingerprint density at radius 1 is 1.28 bits per heavy atom. The average Bonchev–Trinajstić information content (AvgIpc) is 2.71. The second kappa shape index (κ2) is 4.98. The van der Waals surface area contributed by atoms with Gasteiger partial charge in [0.05, 0.1) is 12.8 Å². The van der Waals surface area contributed by atoms with Crippen LogP contribution >= 0.6 is 11.6 Å². The largest absolute Gasteiger partial charge is 0.495 e. The first-order valence-corrected chi connectivity index (χ1v) is 6.18. The van der Waals surface area contributed by atoms with Crippen molar-refractivity contribution >= 4 is 11.6 Å². The number of nitrogens with zero attached hydrogens (tertiary/aromatic N) is 3. The SMILES string of the molecule is COc1ccc(C)cc1-n1c(Cl)nnc1C(C)C. The van der Waals surface area contributed by atoms with Gasteiger partial charge in [-0.1, -0.05) is 19.9 Å². The number of aryl methyl sites for hydroxylation is 1. The second-order valence-corrected chi connectivity index (χ2v) is 4.83. The van der Waals surface area contributed by atoms with Crippen molar-refractivity contribution in [3.63, 3.8) is 0 Å². The van der Waals surface area contributed by atoms with E-state index in [1.54, 1.807) is 7.11 Å². The number of aromatic nitrogens is 3. The van der Waals surface area contributed by atoms with Gasteiger partial charge in [-0.25, -0.2) is 0 Å². The average molecular weight is 266 g/mol. The molecule has 2 aromatic rings. The van der Waals surface area contributed by atoms with Crippen molar-refractivity contribution < 1.29 is 4.74 Å². The summed E-state index contributed by atoms with van der Waals surface area (Å²) < 4.78 is 7.21. The van der Waals surface area contributed by atoms with Crippen LogP contribution in [-0.2, 0) is 0 Å². The fraction of sp³-hybridized carbons (Fsp3) is 0.385. The Bertz CT molecular complexity index is 563. The van der Waals surface area contributed by atoms with E-state index >= 15 is 0 Å². The highest BCUT2D eigenvalue weighted by molar-refractivity contribution is 6.28. The molecular formula is C13H16ClN3O. The monoisotopic (exact) mass is 265 g/mol. The summed E-state index contributed by atoms with van der Waals surface area (Å²) in [5.74, 6) is 1.81. The summed E-state index contributed by atoms with van der Waals surface area (Å²) in [6, 6.07) is 5.93. The molecule has 0 unspecified atom stereocenters. The first kappa shape index (κ1) is 12.9. The van der Waals surface area contributed by atoms with Gasteiger partial charge in [-0.2, -0.15) is 0 Å². The number of methoxy groups -OCH3 is 1. The van der Waals surface area contributed by atoms with Gasteiger partial charge in [0.15, 0.2) is 0 Å². The highest BCUT2D eigenvalue weighted by Gasteiger charge is 2.18. The van der Waals surface area contributed by atoms with E-state index in [0.717, 1.165) is 22.8 Å². The number of hydrogen-bond acceptors (Lipinski definition) is 3. The minimum Gasteiger partial charge on any atom is -0.495 e. The van der Waals surface area contributed by atoms with Crippen molar-refractivity contribution in [2.75, 3.05) is 7.11 Å². The van der Waals surface area contributed by atoms with E-state index in [9.17, 15) is 0 Å². The van der Waals surface area contributed by atoms with Crippen molar-refractivity contribution in [3.8, 4) is 11.4 Å². The van der Waals surface area contributed by atoms with Gasteiger partial charge in [-0.05, 0) is 36.2 Å². The van der Waals surface area contributed by atoms with Crippen molar-refractivity contribution in [1.29, 1.82) is 0 Å². The molecule has 18 heavy (non-hydrogen) atoms. The quantitative estimate of drug-likeness (QED) is 0.854. The molecule has 0 atom stereocenters. The van der Waals surface area contributed by atoms with Crippen molar-refractivity contribution in [2.24, 2.45) is 0 Å². The summed E-state index contributed by atoms with van der Waals surface area (Å²) in [5.41, 5.74) is 2.00. The molecule has 96 valence electrons. The second-order valence-electron chi connectivity index (χ2n) is 4.49. The molecule has 0 saturated heterocycles. The molecule has 0 saturated carbocycles. The Kier molecular flexibility index (Phi) is 3.57. The van der Waals surface area contributed by atoms with Gasteiger partial charge in [-0.3, -0.25) is 4.57 Å². The van der Waals surface area contributed by atoms with Crippen LogP contribution in [0.4, 0.5) is 0 Å². The normalized spacial score (nSPS) is 11.0. The van der Waals surface area contributed by atoms with Gasteiger partial charge in [0.25, 0.3) is 0 Å². The molecule has 0 bridgehead atoms. The molecule has 2 rings (SSSR count). The van der Waals surface area contributed by atoms with E-state index < -0.39 is 0 Å². The van der Waals surface area contributed by atoms with E-state index in [4.69, 9.17) is 16.3 Å². The molecule has 0 N–H and O–H groups in total. The minimum atomic E-state index is 0.232. The van der Waals surface area contributed by atoms with Crippen LogP contribution in [0.1, 0.15) is 31.2 Å². The molecule has 0 aliphatic carbocycles. The van der Waals surface area contributed by atoms with Gasteiger partial charge >= 0.3 is 0 Å². The van der Waals surface area contributed by atoms with Crippen LogP contribution in [0.15, 0.2) is 18.2 Å². The van der Waals surface area contributed by atoms with E-state index in [0.29, 0.717) is 5.28 Å². The Labute approximate surface area is 112 Å². The molecule has 0 spiro atoms. The molecule has 5 heteroatoms. The number of halogens is 1. The third kappa shape index (κ3) is 2.20. The van der Waals surface area contributed by atoms with Gasteiger partial charge in [0.2, 0.25) is 5.28 Å². The Balaban J connectivity index is 2.68. The number of benzene rings is 1. The van der Waals surface area contributed by atoms with Gasteiger partial charge in [0.1, 0.15) is 11.6 Å². The highest BCUT2D eigenvalue weighted by Crippen LogP contribution is 2.29. The van der Waals surface area contributed by atoms with Crippen LogP contribution in [0, 0.1) is 6.92 Å². The lowest BCUT2D eigenvalue weighted by Gasteiger charge is -2.14.